The normalized spacial score (nSPS) is 11.4. The van der Waals surface area contributed by atoms with Crippen LogP contribution in [0.5, 0.6) is 0 Å². The molecule has 0 unspecified atom stereocenters. The monoisotopic (exact) mass is 276 g/mol. The Balaban J connectivity index is 2.94. The summed E-state index contributed by atoms with van der Waals surface area (Å²) in [6.45, 7) is 4.23. The summed E-state index contributed by atoms with van der Waals surface area (Å²) in [6, 6.07) is 0. The molecule has 0 aliphatic carbocycles. The van der Waals surface area contributed by atoms with E-state index in [4.69, 9.17) is 21.1 Å². The molecule has 0 aromatic carbocycles. The van der Waals surface area contributed by atoms with Gasteiger partial charge in [0, 0.05) is 12.5 Å². The molecular formula is C15H29ClO2. The van der Waals surface area contributed by atoms with E-state index in [1.54, 1.807) is 0 Å². The second kappa shape index (κ2) is 16.9. The Bertz CT molecular complexity index is 172. The van der Waals surface area contributed by atoms with Crippen molar-refractivity contribution in [3.63, 3.8) is 0 Å². The summed E-state index contributed by atoms with van der Waals surface area (Å²) in [4.78, 5) is 0. The zero-order chi connectivity index (χ0) is 13.3. The molecule has 0 aliphatic heterocycles. The lowest BCUT2D eigenvalue weighted by Gasteiger charge is -2.04. The van der Waals surface area contributed by atoms with E-state index in [0.29, 0.717) is 12.7 Å². The molecule has 0 fully saturated rings. The minimum absolute atomic E-state index is 0.429. The van der Waals surface area contributed by atoms with E-state index in [1.807, 2.05) is 0 Å². The quantitative estimate of drug-likeness (QED) is 0.194. The number of unbranched alkanes of at least 4 members (excludes halogenated alkanes) is 5. The highest BCUT2D eigenvalue weighted by molar-refractivity contribution is 6.17. The predicted octanol–water partition coefficient (Wildman–Crippen LogP) is 4.91. The second-order valence-electron chi connectivity index (χ2n) is 4.44. The molecule has 0 saturated heterocycles. The van der Waals surface area contributed by atoms with Gasteiger partial charge in [-0.2, -0.15) is 0 Å². The topological polar surface area (TPSA) is 18.5 Å². The standard InChI is InChI=1S/C15H29ClO2/c1-2-3-4-5-7-10-13-17-15-18-14-11-8-6-9-12-16/h6,8H,2-5,7,9-15H2,1H3/b8-6+. The van der Waals surface area contributed by atoms with Crippen molar-refractivity contribution < 1.29 is 9.47 Å². The first kappa shape index (κ1) is 17.9. The van der Waals surface area contributed by atoms with Gasteiger partial charge < -0.3 is 9.47 Å². The van der Waals surface area contributed by atoms with Gasteiger partial charge >= 0.3 is 0 Å². The molecule has 18 heavy (non-hydrogen) atoms. The van der Waals surface area contributed by atoms with Crippen LogP contribution in [0.25, 0.3) is 0 Å². The van der Waals surface area contributed by atoms with Crippen LogP contribution in [0.1, 0.15) is 58.3 Å². The van der Waals surface area contributed by atoms with Crippen molar-refractivity contribution in [2.75, 3.05) is 25.9 Å². The molecule has 0 aliphatic rings. The Hall–Kier alpha value is -0.0500. The molecule has 108 valence electrons. The van der Waals surface area contributed by atoms with Gasteiger partial charge in [-0.1, -0.05) is 51.2 Å². The first-order chi connectivity index (χ1) is 8.91. The molecule has 0 N–H and O–H groups in total. The third kappa shape index (κ3) is 16.0. The van der Waals surface area contributed by atoms with Crippen molar-refractivity contribution in [3.05, 3.63) is 12.2 Å². The van der Waals surface area contributed by atoms with Crippen LogP contribution in [-0.2, 0) is 9.47 Å². The number of halogens is 1. The first-order valence-electron chi connectivity index (χ1n) is 7.28. The summed E-state index contributed by atoms with van der Waals surface area (Å²) in [7, 11) is 0. The molecule has 2 nitrogen and oxygen atoms in total. The summed E-state index contributed by atoms with van der Waals surface area (Å²) in [6.07, 6.45) is 13.9. The molecule has 0 bridgehead atoms. The van der Waals surface area contributed by atoms with Crippen LogP contribution < -0.4 is 0 Å². The number of rotatable bonds is 14. The summed E-state index contributed by atoms with van der Waals surface area (Å²) in [5, 5.41) is 0. The van der Waals surface area contributed by atoms with Crippen molar-refractivity contribution >= 4 is 11.6 Å². The number of ether oxygens (including phenoxy) is 2. The fourth-order valence-corrected chi connectivity index (χ4v) is 1.74. The molecule has 3 heteroatoms. The molecule has 0 spiro atoms. The van der Waals surface area contributed by atoms with Crippen molar-refractivity contribution in [2.24, 2.45) is 0 Å². The fraction of sp³-hybridized carbons (Fsp3) is 0.867. The van der Waals surface area contributed by atoms with E-state index in [9.17, 15) is 0 Å². The van der Waals surface area contributed by atoms with Gasteiger partial charge in [-0.3, -0.25) is 0 Å². The lowest BCUT2D eigenvalue weighted by Crippen LogP contribution is -2.02. The molecule has 0 saturated carbocycles. The minimum Gasteiger partial charge on any atom is -0.355 e. The van der Waals surface area contributed by atoms with Crippen LogP contribution in [0, 0.1) is 0 Å². The zero-order valence-corrected chi connectivity index (χ0v) is 12.6. The minimum atomic E-state index is 0.429. The molecule has 0 aromatic rings. The number of hydrogen-bond acceptors (Lipinski definition) is 2. The second-order valence-corrected chi connectivity index (χ2v) is 4.82. The highest BCUT2D eigenvalue weighted by Gasteiger charge is 1.91. The molecule has 0 radical (unpaired) electrons. The van der Waals surface area contributed by atoms with E-state index in [2.05, 4.69) is 19.1 Å². The van der Waals surface area contributed by atoms with E-state index >= 15 is 0 Å². The van der Waals surface area contributed by atoms with E-state index < -0.39 is 0 Å². The maximum absolute atomic E-state index is 5.55. The number of hydrogen-bond donors (Lipinski definition) is 0. The summed E-state index contributed by atoms with van der Waals surface area (Å²) < 4.78 is 10.8. The van der Waals surface area contributed by atoms with Crippen LogP contribution in [0.3, 0.4) is 0 Å². The average molecular weight is 277 g/mol. The van der Waals surface area contributed by atoms with Crippen LogP contribution in [0.15, 0.2) is 12.2 Å². The van der Waals surface area contributed by atoms with Gasteiger partial charge in [0.05, 0.1) is 6.61 Å². The van der Waals surface area contributed by atoms with Crippen molar-refractivity contribution in [1.82, 2.24) is 0 Å². The molecule has 0 aromatic heterocycles. The van der Waals surface area contributed by atoms with Gasteiger partial charge in [0.25, 0.3) is 0 Å². The Labute approximate surface area is 118 Å². The fourth-order valence-electron chi connectivity index (χ4n) is 1.61. The van der Waals surface area contributed by atoms with Gasteiger partial charge in [0.15, 0.2) is 0 Å². The Morgan fingerprint density at radius 1 is 0.833 bits per heavy atom. The van der Waals surface area contributed by atoms with E-state index in [-0.39, 0.29) is 0 Å². The molecule has 0 rings (SSSR count). The molecule has 0 atom stereocenters. The van der Waals surface area contributed by atoms with E-state index in [1.165, 1.54) is 32.1 Å². The zero-order valence-electron chi connectivity index (χ0n) is 11.8. The van der Waals surface area contributed by atoms with Crippen molar-refractivity contribution in [1.29, 1.82) is 0 Å². The van der Waals surface area contributed by atoms with Gasteiger partial charge in [-0.25, -0.2) is 0 Å². The Kier molecular flexibility index (Phi) is 16.9. The third-order valence-electron chi connectivity index (χ3n) is 2.68. The van der Waals surface area contributed by atoms with Gasteiger partial charge in [-0.05, 0) is 19.3 Å². The number of allylic oxidation sites excluding steroid dienone is 1. The maximum Gasteiger partial charge on any atom is 0.146 e. The van der Waals surface area contributed by atoms with Crippen LogP contribution in [0.4, 0.5) is 0 Å². The number of alkyl halides is 1. The molecular weight excluding hydrogens is 248 g/mol. The third-order valence-corrected chi connectivity index (χ3v) is 2.90. The summed E-state index contributed by atoms with van der Waals surface area (Å²) >= 11 is 5.55. The lowest BCUT2D eigenvalue weighted by atomic mass is 10.1. The van der Waals surface area contributed by atoms with E-state index in [0.717, 1.165) is 32.5 Å². The smallest absolute Gasteiger partial charge is 0.146 e. The van der Waals surface area contributed by atoms with Crippen LogP contribution in [-0.4, -0.2) is 25.9 Å². The first-order valence-corrected chi connectivity index (χ1v) is 7.81. The summed E-state index contributed by atoms with van der Waals surface area (Å²) in [5.74, 6) is 0.693. The average Bonchev–Trinajstić information content (AvgIpc) is 2.39. The van der Waals surface area contributed by atoms with Crippen LogP contribution >= 0.6 is 11.6 Å². The molecule has 0 amide bonds. The SMILES string of the molecule is CCCCCCCCOCOCC/C=C/CCCl. The highest BCUT2D eigenvalue weighted by atomic mass is 35.5. The lowest BCUT2D eigenvalue weighted by molar-refractivity contribution is -0.0531. The van der Waals surface area contributed by atoms with Gasteiger partial charge in [0.1, 0.15) is 6.79 Å². The van der Waals surface area contributed by atoms with Crippen molar-refractivity contribution in [2.45, 2.75) is 58.3 Å². The Morgan fingerprint density at radius 2 is 1.50 bits per heavy atom. The van der Waals surface area contributed by atoms with Gasteiger partial charge in [0.2, 0.25) is 0 Å². The van der Waals surface area contributed by atoms with Gasteiger partial charge in [-0.15, -0.1) is 11.6 Å². The summed E-state index contributed by atoms with van der Waals surface area (Å²) in [5.41, 5.74) is 0. The largest absolute Gasteiger partial charge is 0.355 e. The predicted molar refractivity (Wildman–Crippen MR) is 79.2 cm³/mol. The Morgan fingerprint density at radius 3 is 2.28 bits per heavy atom. The molecule has 0 heterocycles. The highest BCUT2D eigenvalue weighted by Crippen LogP contribution is 2.04. The maximum atomic E-state index is 5.55. The van der Waals surface area contributed by atoms with Crippen LogP contribution in [0.2, 0.25) is 0 Å². The van der Waals surface area contributed by atoms with Crippen molar-refractivity contribution in [3.8, 4) is 0 Å².